The fourth-order valence-corrected chi connectivity index (χ4v) is 2.81. The van der Waals surface area contributed by atoms with Gasteiger partial charge in [-0.2, -0.15) is 0 Å². The number of nitrogens with two attached hydrogens (primary N) is 1. The van der Waals surface area contributed by atoms with Crippen LogP contribution in [0.15, 0.2) is 33.2 Å². The van der Waals surface area contributed by atoms with Crippen molar-refractivity contribution in [3.05, 3.63) is 34.5 Å². The zero-order valence-corrected chi connectivity index (χ0v) is 10.8. The third kappa shape index (κ3) is 2.26. The molecule has 2 aromatic heterocycles. The van der Waals surface area contributed by atoms with Crippen molar-refractivity contribution < 1.29 is 0 Å². The van der Waals surface area contributed by atoms with Gasteiger partial charge in [-0.3, -0.25) is 15.0 Å². The van der Waals surface area contributed by atoms with Gasteiger partial charge in [-0.25, -0.2) is 9.89 Å². The van der Waals surface area contributed by atoms with Gasteiger partial charge in [0.15, 0.2) is 5.16 Å². The van der Waals surface area contributed by atoms with Crippen LogP contribution in [0.4, 0.5) is 0 Å². The molecule has 0 aliphatic heterocycles. The molecule has 4 N–H and O–H groups in total. The number of pyridine rings is 1. The molecule has 0 amide bonds. The van der Waals surface area contributed by atoms with E-state index >= 15 is 0 Å². The van der Waals surface area contributed by atoms with Gasteiger partial charge in [0.2, 0.25) is 0 Å². The van der Waals surface area contributed by atoms with E-state index in [4.69, 9.17) is 11.1 Å². The molecule has 8 heteroatoms. The molecule has 0 unspecified atom stereocenters. The van der Waals surface area contributed by atoms with Crippen LogP contribution in [0.1, 0.15) is 24.6 Å². The van der Waals surface area contributed by atoms with Crippen molar-refractivity contribution in [2.24, 2.45) is 5.73 Å². The summed E-state index contributed by atoms with van der Waals surface area (Å²) in [7, 11) is 0. The van der Waals surface area contributed by atoms with Gasteiger partial charge in [0.05, 0.1) is 0 Å². The molecular formula is C11H12N6OS. The van der Waals surface area contributed by atoms with Crippen molar-refractivity contribution in [3.8, 4) is 0 Å². The second-order valence-electron chi connectivity index (χ2n) is 4.28. The van der Waals surface area contributed by atoms with E-state index < -0.39 is 0 Å². The normalized spacial score (nSPS) is 14.5. The molecule has 1 aliphatic carbocycles. The Bertz CT molecular complexity index is 686. The van der Waals surface area contributed by atoms with Crippen LogP contribution in [0.3, 0.4) is 0 Å². The number of H-pyrrole nitrogens is 1. The minimum absolute atomic E-state index is 0.0982. The highest BCUT2D eigenvalue weighted by atomic mass is 32.2. The summed E-state index contributed by atoms with van der Waals surface area (Å²) in [6, 6.07) is 3.82. The number of aromatic nitrogens is 4. The Balaban J connectivity index is 1.98. The quantitative estimate of drug-likeness (QED) is 0.563. The van der Waals surface area contributed by atoms with Crippen molar-refractivity contribution in [2.75, 3.05) is 0 Å². The first-order valence-corrected chi connectivity index (χ1v) is 6.62. The second kappa shape index (κ2) is 4.54. The van der Waals surface area contributed by atoms with Crippen LogP contribution in [0, 0.1) is 5.41 Å². The van der Waals surface area contributed by atoms with Crippen molar-refractivity contribution in [1.82, 2.24) is 19.7 Å². The summed E-state index contributed by atoms with van der Waals surface area (Å²) in [5, 5.41) is 14.6. The molecule has 1 saturated carbocycles. The lowest BCUT2D eigenvalue weighted by Crippen LogP contribution is -2.16. The maximum absolute atomic E-state index is 11.7. The highest BCUT2D eigenvalue weighted by Gasteiger charge is 2.29. The summed E-state index contributed by atoms with van der Waals surface area (Å²) >= 11 is 1.30. The molecule has 1 fully saturated rings. The Morgan fingerprint density at radius 1 is 1.58 bits per heavy atom. The van der Waals surface area contributed by atoms with Gasteiger partial charge >= 0.3 is 5.69 Å². The number of nitrogen functional groups attached to an aromatic ring is 1. The van der Waals surface area contributed by atoms with E-state index in [-0.39, 0.29) is 17.6 Å². The Kier molecular flexibility index (Phi) is 2.86. The Morgan fingerprint density at radius 3 is 3.05 bits per heavy atom. The molecule has 0 aromatic carbocycles. The Hall–Kier alpha value is -2.09. The van der Waals surface area contributed by atoms with E-state index in [1.54, 1.807) is 16.8 Å². The predicted molar refractivity (Wildman–Crippen MR) is 70.5 cm³/mol. The highest BCUT2D eigenvalue weighted by molar-refractivity contribution is 7.99. The molecular weight excluding hydrogens is 264 g/mol. The third-order valence-electron chi connectivity index (χ3n) is 2.81. The van der Waals surface area contributed by atoms with Crippen molar-refractivity contribution in [2.45, 2.75) is 28.9 Å². The Labute approximate surface area is 112 Å². The number of nitrogens with one attached hydrogen (secondary N) is 2. The number of rotatable bonds is 4. The van der Waals surface area contributed by atoms with Gasteiger partial charge in [-0.1, -0.05) is 0 Å². The summed E-state index contributed by atoms with van der Waals surface area (Å²) in [6.45, 7) is 0. The van der Waals surface area contributed by atoms with Gasteiger partial charge in [-0.05, 0) is 36.7 Å². The molecule has 98 valence electrons. The van der Waals surface area contributed by atoms with Gasteiger partial charge in [0.1, 0.15) is 11.5 Å². The van der Waals surface area contributed by atoms with E-state index in [0.717, 1.165) is 17.7 Å². The van der Waals surface area contributed by atoms with E-state index in [2.05, 4.69) is 15.2 Å². The molecule has 0 radical (unpaired) electrons. The van der Waals surface area contributed by atoms with Crippen LogP contribution >= 0.6 is 11.8 Å². The second-order valence-corrected chi connectivity index (χ2v) is 5.29. The largest absolute Gasteiger partial charge is 0.382 e. The number of hydrogen-bond donors (Lipinski definition) is 3. The molecule has 0 atom stereocenters. The molecule has 0 saturated heterocycles. The lowest BCUT2D eigenvalue weighted by Gasteiger charge is -2.06. The lowest BCUT2D eigenvalue weighted by atomic mass is 10.3. The minimum atomic E-state index is -0.196. The Morgan fingerprint density at radius 2 is 2.37 bits per heavy atom. The lowest BCUT2D eigenvalue weighted by molar-refractivity contribution is 0.642. The molecule has 0 spiro atoms. The topological polar surface area (TPSA) is 113 Å². The van der Waals surface area contributed by atoms with Gasteiger partial charge in [-0.15, -0.1) is 5.10 Å². The summed E-state index contributed by atoms with van der Waals surface area (Å²) < 4.78 is 1.65. The molecule has 2 aromatic rings. The minimum Gasteiger partial charge on any atom is -0.382 e. The zero-order valence-electron chi connectivity index (χ0n) is 9.96. The van der Waals surface area contributed by atoms with Crippen molar-refractivity contribution in [3.63, 3.8) is 0 Å². The van der Waals surface area contributed by atoms with Crippen molar-refractivity contribution >= 4 is 17.6 Å². The fraction of sp³-hybridized carbons (Fsp3) is 0.273. The molecule has 0 bridgehead atoms. The average Bonchev–Trinajstić information content (AvgIpc) is 3.15. The maximum atomic E-state index is 11.7. The monoisotopic (exact) mass is 276 g/mol. The first kappa shape index (κ1) is 12.0. The average molecular weight is 276 g/mol. The molecule has 3 rings (SSSR count). The van der Waals surface area contributed by atoms with Crippen LogP contribution < -0.4 is 11.4 Å². The van der Waals surface area contributed by atoms with Crippen LogP contribution in [0.5, 0.6) is 0 Å². The fourth-order valence-electron chi connectivity index (χ4n) is 1.79. The smallest absolute Gasteiger partial charge is 0.344 e. The summed E-state index contributed by atoms with van der Waals surface area (Å²) in [6.07, 6.45) is 3.58. The number of hydrogen-bond acceptors (Lipinski definition) is 5. The van der Waals surface area contributed by atoms with Crippen LogP contribution in [-0.2, 0) is 0 Å². The van der Waals surface area contributed by atoms with Gasteiger partial charge in [0.25, 0.3) is 0 Å². The standard InChI is InChI=1S/C11H12N6OS/c12-9(13)8-7(2-1-5-14-8)19-11-16-15-10(18)17(11)6-3-4-6/h1-2,5-6H,3-4H2,(H3,12,13)(H,15,18). The maximum Gasteiger partial charge on any atom is 0.344 e. The number of aromatic amines is 1. The van der Waals surface area contributed by atoms with Gasteiger partial charge < -0.3 is 5.73 Å². The first-order chi connectivity index (χ1) is 9.16. The van der Waals surface area contributed by atoms with Gasteiger partial charge in [0, 0.05) is 17.1 Å². The van der Waals surface area contributed by atoms with Crippen LogP contribution in [0.2, 0.25) is 0 Å². The predicted octanol–water partition coefficient (Wildman–Crippen LogP) is 0.737. The third-order valence-corrected chi connectivity index (χ3v) is 3.83. The SMILES string of the molecule is N=C(N)c1ncccc1Sc1n[nH]c(=O)n1C1CC1. The number of amidine groups is 1. The van der Waals surface area contributed by atoms with Crippen LogP contribution in [-0.4, -0.2) is 25.6 Å². The van der Waals surface area contributed by atoms with E-state index in [9.17, 15) is 4.79 Å². The molecule has 1 aliphatic rings. The van der Waals surface area contributed by atoms with E-state index in [0.29, 0.717) is 10.9 Å². The number of nitrogens with zero attached hydrogens (tertiary/aromatic N) is 3. The zero-order chi connectivity index (χ0) is 13.4. The first-order valence-electron chi connectivity index (χ1n) is 5.81. The van der Waals surface area contributed by atoms with E-state index in [1.165, 1.54) is 11.8 Å². The highest BCUT2D eigenvalue weighted by Crippen LogP contribution is 2.37. The van der Waals surface area contributed by atoms with Crippen molar-refractivity contribution in [1.29, 1.82) is 5.41 Å². The molecule has 2 heterocycles. The molecule has 19 heavy (non-hydrogen) atoms. The summed E-state index contributed by atoms with van der Waals surface area (Å²) in [5.41, 5.74) is 5.71. The van der Waals surface area contributed by atoms with Crippen LogP contribution in [0.25, 0.3) is 0 Å². The molecule has 7 nitrogen and oxygen atoms in total. The summed E-state index contributed by atoms with van der Waals surface area (Å²) in [4.78, 5) is 16.5. The van der Waals surface area contributed by atoms with E-state index in [1.807, 2.05) is 6.07 Å². The summed E-state index contributed by atoms with van der Waals surface area (Å²) in [5.74, 6) is -0.0982.